The molecule has 1 heterocycles. The van der Waals surface area contributed by atoms with Gasteiger partial charge >= 0.3 is 5.97 Å². The van der Waals surface area contributed by atoms with Crippen molar-refractivity contribution in [2.75, 3.05) is 31.8 Å². The number of anilines is 1. The third kappa shape index (κ3) is 3.30. The number of nitrogens with zero attached hydrogens (tertiary/aromatic N) is 1. The largest absolute Gasteiger partial charge is 0.493 e. The summed E-state index contributed by atoms with van der Waals surface area (Å²) >= 11 is 0. The molecule has 0 unspecified atom stereocenters. The molecule has 0 aliphatic carbocycles. The maximum absolute atomic E-state index is 12.1. The van der Waals surface area contributed by atoms with Gasteiger partial charge in [0.1, 0.15) is 0 Å². The third-order valence-corrected chi connectivity index (χ3v) is 3.27. The van der Waals surface area contributed by atoms with E-state index in [2.05, 4.69) is 0 Å². The molecule has 7 nitrogen and oxygen atoms in total. The van der Waals surface area contributed by atoms with Crippen molar-refractivity contribution in [1.82, 2.24) is 0 Å². The average molecular weight is 309 g/mol. The molecule has 0 fully saturated rings. The van der Waals surface area contributed by atoms with Crippen molar-refractivity contribution in [3.63, 3.8) is 0 Å². The molecule has 1 aromatic carbocycles. The van der Waals surface area contributed by atoms with Crippen LogP contribution in [0.5, 0.6) is 11.5 Å². The minimum Gasteiger partial charge on any atom is -0.493 e. The van der Waals surface area contributed by atoms with Gasteiger partial charge in [-0.25, -0.2) is 0 Å². The minimum absolute atomic E-state index is 0.0880. The highest BCUT2D eigenvalue weighted by Gasteiger charge is 2.29. The quantitative estimate of drug-likeness (QED) is 0.785. The molecule has 1 aliphatic rings. The number of carbonyl (C=O) groups is 2. The van der Waals surface area contributed by atoms with Gasteiger partial charge in [-0.1, -0.05) is 0 Å². The lowest BCUT2D eigenvalue weighted by Gasteiger charge is -2.30. The molecule has 0 spiro atoms. The molecule has 0 aromatic heterocycles. The molecule has 1 N–H and O–H groups in total. The zero-order valence-electron chi connectivity index (χ0n) is 12.6. The fourth-order valence-electron chi connectivity index (χ4n) is 2.26. The number of amides is 1. The van der Waals surface area contributed by atoms with E-state index in [1.807, 2.05) is 0 Å². The molecule has 0 radical (unpaired) electrons. The Morgan fingerprint density at radius 1 is 1.45 bits per heavy atom. The Kier molecular flexibility index (Phi) is 5.21. The highest BCUT2D eigenvalue weighted by molar-refractivity contribution is 5.99. The zero-order chi connectivity index (χ0) is 16.1. The first-order valence-electron chi connectivity index (χ1n) is 7.01. The number of rotatable bonds is 6. The van der Waals surface area contributed by atoms with Crippen LogP contribution in [0, 0.1) is 0 Å². The van der Waals surface area contributed by atoms with Gasteiger partial charge in [0.15, 0.2) is 18.1 Å². The fraction of sp³-hybridized carbons (Fsp3) is 0.467. The number of hydrogen-bond acceptors (Lipinski definition) is 6. The van der Waals surface area contributed by atoms with E-state index in [0.29, 0.717) is 29.4 Å². The highest BCUT2D eigenvalue weighted by Crippen LogP contribution is 2.41. The summed E-state index contributed by atoms with van der Waals surface area (Å²) in [5.74, 6) is 0.251. The Labute approximate surface area is 128 Å². The molecular weight excluding hydrogens is 290 g/mol. The number of aliphatic hydroxyl groups is 1. The van der Waals surface area contributed by atoms with E-state index in [9.17, 15) is 14.7 Å². The van der Waals surface area contributed by atoms with Crippen LogP contribution in [0.1, 0.15) is 18.9 Å². The number of hydrogen-bond donors (Lipinski definition) is 1. The van der Waals surface area contributed by atoms with Gasteiger partial charge in [-0.15, -0.1) is 0 Å². The maximum Gasteiger partial charge on any atom is 0.307 e. The maximum atomic E-state index is 12.1. The molecule has 120 valence electrons. The SMILES string of the molecule is CCOC(=O)CCN1C(=O)COc2c(OC)cc(CO)cc21. The molecule has 1 aliphatic heterocycles. The lowest BCUT2D eigenvalue weighted by Crippen LogP contribution is -2.40. The fourth-order valence-corrected chi connectivity index (χ4v) is 2.26. The first-order valence-corrected chi connectivity index (χ1v) is 7.01. The van der Waals surface area contributed by atoms with E-state index < -0.39 is 0 Å². The number of methoxy groups -OCH3 is 1. The van der Waals surface area contributed by atoms with E-state index in [1.165, 1.54) is 12.0 Å². The molecule has 0 saturated heterocycles. The Balaban J connectivity index is 2.29. The Bertz CT molecular complexity index is 571. The molecule has 2 rings (SSSR count). The predicted molar refractivity (Wildman–Crippen MR) is 78.0 cm³/mol. The molecule has 0 bridgehead atoms. The highest BCUT2D eigenvalue weighted by atomic mass is 16.5. The van der Waals surface area contributed by atoms with Crippen molar-refractivity contribution in [3.8, 4) is 11.5 Å². The van der Waals surface area contributed by atoms with Crippen LogP contribution in [-0.4, -0.2) is 43.9 Å². The first-order chi connectivity index (χ1) is 10.6. The number of carbonyl (C=O) groups excluding carboxylic acids is 2. The second kappa shape index (κ2) is 7.13. The van der Waals surface area contributed by atoms with Gasteiger partial charge in [0.25, 0.3) is 5.91 Å². The molecular formula is C15H19NO6. The summed E-state index contributed by atoms with van der Waals surface area (Å²) in [4.78, 5) is 25.0. The molecule has 0 saturated carbocycles. The number of ether oxygens (including phenoxy) is 3. The second-order valence-electron chi connectivity index (χ2n) is 4.69. The summed E-state index contributed by atoms with van der Waals surface area (Å²) in [5, 5.41) is 9.33. The zero-order valence-corrected chi connectivity index (χ0v) is 12.6. The summed E-state index contributed by atoms with van der Waals surface area (Å²) < 4.78 is 15.5. The minimum atomic E-state index is -0.367. The summed E-state index contributed by atoms with van der Waals surface area (Å²) in [6, 6.07) is 3.30. The van der Waals surface area contributed by atoms with Crippen LogP contribution in [0.25, 0.3) is 0 Å². The van der Waals surface area contributed by atoms with Gasteiger partial charge < -0.3 is 24.2 Å². The van der Waals surface area contributed by atoms with E-state index in [1.54, 1.807) is 19.1 Å². The second-order valence-corrected chi connectivity index (χ2v) is 4.69. The summed E-state index contributed by atoms with van der Waals surface area (Å²) in [5.41, 5.74) is 1.08. The third-order valence-electron chi connectivity index (χ3n) is 3.27. The lowest BCUT2D eigenvalue weighted by atomic mass is 10.1. The van der Waals surface area contributed by atoms with Crippen LogP contribution in [0.15, 0.2) is 12.1 Å². The standard InChI is InChI=1S/C15H19NO6/c1-3-21-14(19)4-5-16-11-6-10(8-17)7-12(20-2)15(11)22-9-13(16)18/h6-7,17H,3-5,8-9H2,1-2H3. The van der Waals surface area contributed by atoms with E-state index in [4.69, 9.17) is 14.2 Å². The monoisotopic (exact) mass is 309 g/mol. The molecule has 7 heteroatoms. The normalized spacial score (nSPS) is 13.4. The van der Waals surface area contributed by atoms with Crippen LogP contribution >= 0.6 is 0 Å². The predicted octanol–water partition coefficient (Wildman–Crippen LogP) is 0.866. The Hall–Kier alpha value is -2.28. The number of fused-ring (bicyclic) bond motifs is 1. The number of esters is 1. The van der Waals surface area contributed by atoms with Crippen LogP contribution in [0.4, 0.5) is 5.69 Å². The van der Waals surface area contributed by atoms with Gasteiger partial charge in [0, 0.05) is 6.54 Å². The van der Waals surface area contributed by atoms with Crippen LogP contribution in [-0.2, 0) is 20.9 Å². The molecule has 1 aromatic rings. The van der Waals surface area contributed by atoms with Gasteiger partial charge in [-0.2, -0.15) is 0 Å². The number of aliphatic hydroxyl groups excluding tert-OH is 1. The van der Waals surface area contributed by atoms with Crippen molar-refractivity contribution >= 4 is 17.6 Å². The topological polar surface area (TPSA) is 85.3 Å². The average Bonchev–Trinajstić information content (AvgIpc) is 2.52. The van der Waals surface area contributed by atoms with E-state index >= 15 is 0 Å². The van der Waals surface area contributed by atoms with E-state index in [0.717, 1.165) is 0 Å². The van der Waals surface area contributed by atoms with Crippen LogP contribution < -0.4 is 14.4 Å². The van der Waals surface area contributed by atoms with E-state index in [-0.39, 0.29) is 38.1 Å². The molecule has 0 atom stereocenters. The van der Waals surface area contributed by atoms with Gasteiger partial charge in [-0.3, -0.25) is 9.59 Å². The molecule has 1 amide bonds. The summed E-state index contributed by atoms with van der Waals surface area (Å²) in [6.45, 7) is 1.90. The van der Waals surface area contributed by atoms with Gasteiger partial charge in [-0.05, 0) is 24.6 Å². The van der Waals surface area contributed by atoms with Gasteiger partial charge in [0.05, 0.1) is 32.4 Å². The van der Waals surface area contributed by atoms with Crippen molar-refractivity contribution in [2.24, 2.45) is 0 Å². The summed E-state index contributed by atoms with van der Waals surface area (Å²) in [6.07, 6.45) is 0.0880. The first kappa shape index (κ1) is 16.1. The van der Waals surface area contributed by atoms with Gasteiger partial charge in [0.2, 0.25) is 0 Å². The Morgan fingerprint density at radius 3 is 2.86 bits per heavy atom. The van der Waals surface area contributed by atoms with Crippen molar-refractivity contribution in [2.45, 2.75) is 20.0 Å². The van der Waals surface area contributed by atoms with Crippen molar-refractivity contribution < 1.29 is 28.9 Å². The van der Waals surface area contributed by atoms with Crippen molar-refractivity contribution in [1.29, 1.82) is 0 Å². The lowest BCUT2D eigenvalue weighted by molar-refractivity contribution is -0.142. The van der Waals surface area contributed by atoms with Crippen LogP contribution in [0.3, 0.4) is 0 Å². The number of benzene rings is 1. The molecule has 22 heavy (non-hydrogen) atoms. The Morgan fingerprint density at radius 2 is 2.23 bits per heavy atom. The summed E-state index contributed by atoms with van der Waals surface area (Å²) in [7, 11) is 1.49. The van der Waals surface area contributed by atoms with Crippen molar-refractivity contribution in [3.05, 3.63) is 17.7 Å². The smallest absolute Gasteiger partial charge is 0.307 e. The van der Waals surface area contributed by atoms with Crippen LogP contribution in [0.2, 0.25) is 0 Å².